The molecule has 0 unspecified atom stereocenters. The summed E-state index contributed by atoms with van der Waals surface area (Å²) in [6.07, 6.45) is 2.09. The quantitative estimate of drug-likeness (QED) is 0.885. The second kappa shape index (κ2) is 7.66. The molecule has 1 spiro atoms. The molecule has 0 radical (unpaired) electrons. The van der Waals surface area contributed by atoms with Gasteiger partial charge in [-0.3, -0.25) is 9.59 Å². The molecule has 6 nitrogen and oxygen atoms in total. The normalized spacial score (nSPS) is 21.0. The van der Waals surface area contributed by atoms with Crippen LogP contribution in [-0.4, -0.2) is 66.1 Å². The van der Waals surface area contributed by atoms with Crippen molar-refractivity contribution in [2.75, 3.05) is 33.3 Å². The molecule has 0 aliphatic carbocycles. The molecule has 2 amide bonds. The number of aryl methyl sites for hydroxylation is 1. The van der Waals surface area contributed by atoms with E-state index in [-0.39, 0.29) is 23.8 Å². The van der Waals surface area contributed by atoms with Crippen LogP contribution in [-0.2, 0) is 9.59 Å². The largest absolute Gasteiger partial charge is 0.490 e. The van der Waals surface area contributed by atoms with E-state index in [4.69, 9.17) is 4.74 Å². The maximum atomic E-state index is 12.5. The lowest BCUT2D eigenvalue weighted by Gasteiger charge is -2.46. The average Bonchev–Trinajstić information content (AvgIpc) is 2.64. The van der Waals surface area contributed by atoms with E-state index in [1.165, 1.54) is 0 Å². The van der Waals surface area contributed by atoms with E-state index in [0.29, 0.717) is 25.3 Å². The van der Waals surface area contributed by atoms with E-state index in [1.807, 2.05) is 43.1 Å². The number of amides is 2. The molecule has 1 atom stereocenters. The zero-order valence-corrected chi connectivity index (χ0v) is 15.6. The fourth-order valence-corrected chi connectivity index (χ4v) is 4.01. The van der Waals surface area contributed by atoms with Crippen LogP contribution in [0.3, 0.4) is 0 Å². The Labute approximate surface area is 154 Å². The highest BCUT2D eigenvalue weighted by Crippen LogP contribution is 2.39. The summed E-state index contributed by atoms with van der Waals surface area (Å²) in [5.74, 6) is 0.624. The average molecular weight is 360 g/mol. The molecule has 1 N–H and O–H groups in total. The van der Waals surface area contributed by atoms with Gasteiger partial charge >= 0.3 is 0 Å². The lowest BCUT2D eigenvalue weighted by molar-refractivity contribution is -0.147. The van der Waals surface area contributed by atoms with Crippen LogP contribution < -0.4 is 4.74 Å². The first kappa shape index (κ1) is 18.7. The van der Waals surface area contributed by atoms with Gasteiger partial charge in [0.05, 0.1) is 0 Å². The van der Waals surface area contributed by atoms with Crippen molar-refractivity contribution in [3.05, 3.63) is 29.8 Å². The number of aliphatic hydroxyl groups excluding tert-OH is 1. The van der Waals surface area contributed by atoms with Gasteiger partial charge in [-0.25, -0.2) is 0 Å². The molecule has 1 aromatic carbocycles. The molecular weight excluding hydrogens is 332 g/mol. The van der Waals surface area contributed by atoms with Gasteiger partial charge in [0.15, 0.2) is 6.10 Å². The van der Waals surface area contributed by atoms with Gasteiger partial charge in [0.2, 0.25) is 5.91 Å². The summed E-state index contributed by atoms with van der Waals surface area (Å²) in [5, 5.41) is 10.2. The summed E-state index contributed by atoms with van der Waals surface area (Å²) in [6, 6.07) is 7.55. The molecule has 26 heavy (non-hydrogen) atoms. The van der Waals surface area contributed by atoms with Crippen molar-refractivity contribution in [1.29, 1.82) is 0 Å². The van der Waals surface area contributed by atoms with Crippen molar-refractivity contribution in [2.24, 2.45) is 5.41 Å². The summed E-state index contributed by atoms with van der Waals surface area (Å²) in [4.78, 5) is 27.8. The summed E-state index contributed by atoms with van der Waals surface area (Å²) in [5.41, 5.74) is 1.10. The van der Waals surface area contributed by atoms with Gasteiger partial charge in [0, 0.05) is 33.1 Å². The fraction of sp³-hybridized carbons (Fsp3) is 0.600. The number of hydrogen-bond donors (Lipinski definition) is 1. The molecule has 2 fully saturated rings. The highest BCUT2D eigenvalue weighted by atomic mass is 16.5. The molecule has 1 aromatic rings. The van der Waals surface area contributed by atoms with Gasteiger partial charge in [-0.2, -0.15) is 0 Å². The number of carbonyl (C=O) groups is 2. The van der Waals surface area contributed by atoms with E-state index in [9.17, 15) is 14.7 Å². The molecule has 0 bridgehead atoms. The second-order valence-corrected chi connectivity index (χ2v) is 7.67. The zero-order valence-electron chi connectivity index (χ0n) is 15.6. The number of hydrogen-bond acceptors (Lipinski definition) is 4. The van der Waals surface area contributed by atoms with Gasteiger partial charge in [-0.05, 0) is 43.2 Å². The van der Waals surface area contributed by atoms with Crippen molar-refractivity contribution >= 4 is 11.8 Å². The van der Waals surface area contributed by atoms with Gasteiger partial charge in [-0.1, -0.05) is 18.2 Å². The first-order chi connectivity index (χ1) is 12.4. The molecule has 6 heteroatoms. The van der Waals surface area contributed by atoms with E-state index in [1.54, 1.807) is 4.90 Å². The number of benzene rings is 1. The third-order valence-electron chi connectivity index (χ3n) is 5.78. The van der Waals surface area contributed by atoms with Crippen LogP contribution in [0.15, 0.2) is 24.3 Å². The maximum Gasteiger partial charge on any atom is 0.254 e. The smallest absolute Gasteiger partial charge is 0.254 e. The number of nitrogens with zero attached hydrogens (tertiary/aromatic N) is 2. The van der Waals surface area contributed by atoms with Crippen LogP contribution in [0, 0.1) is 12.3 Å². The number of para-hydroxylation sites is 1. The van der Waals surface area contributed by atoms with Crippen LogP contribution in [0.1, 0.15) is 31.2 Å². The Bertz CT molecular complexity index is 668. The van der Waals surface area contributed by atoms with Crippen LogP contribution in [0.25, 0.3) is 0 Å². The highest BCUT2D eigenvalue weighted by molar-refractivity contribution is 5.81. The predicted molar refractivity (Wildman–Crippen MR) is 97.8 cm³/mol. The van der Waals surface area contributed by atoms with Crippen molar-refractivity contribution in [3.63, 3.8) is 0 Å². The summed E-state index contributed by atoms with van der Waals surface area (Å²) in [7, 11) is 1.85. The van der Waals surface area contributed by atoms with Crippen LogP contribution >= 0.6 is 0 Å². The maximum absolute atomic E-state index is 12.5. The number of likely N-dealkylation sites (tertiary alicyclic amines) is 2. The standard InChI is InChI=1S/C20H28N2O4/c1-15-5-3-4-6-17(15)26-13-16(23)19(25)22-11-9-20(10-12-22)8-7-18(24)21(2)14-20/h3-6,16,23H,7-14H2,1-2H3/t16-/m0/s1. The predicted octanol–water partition coefficient (Wildman–Crippen LogP) is 1.60. The van der Waals surface area contributed by atoms with E-state index < -0.39 is 6.10 Å². The van der Waals surface area contributed by atoms with Gasteiger partial charge in [0.1, 0.15) is 12.4 Å². The minimum Gasteiger partial charge on any atom is -0.490 e. The molecular formula is C20H28N2O4. The van der Waals surface area contributed by atoms with E-state index in [2.05, 4.69) is 0 Å². The molecule has 2 aliphatic heterocycles. The minimum atomic E-state index is -1.15. The summed E-state index contributed by atoms with van der Waals surface area (Å²) >= 11 is 0. The Balaban J connectivity index is 1.50. The van der Waals surface area contributed by atoms with Crippen molar-refractivity contribution in [1.82, 2.24) is 9.80 Å². The Hall–Kier alpha value is -2.08. The molecule has 142 valence electrons. The first-order valence-corrected chi connectivity index (χ1v) is 9.29. The lowest BCUT2D eigenvalue weighted by Crippen LogP contribution is -2.53. The van der Waals surface area contributed by atoms with Gasteiger partial charge in [-0.15, -0.1) is 0 Å². The number of aliphatic hydroxyl groups is 1. The van der Waals surface area contributed by atoms with Crippen molar-refractivity contribution < 1.29 is 19.4 Å². The molecule has 0 aromatic heterocycles. The van der Waals surface area contributed by atoms with Crippen LogP contribution in [0.4, 0.5) is 0 Å². The summed E-state index contributed by atoms with van der Waals surface area (Å²) in [6.45, 7) is 3.92. The highest BCUT2D eigenvalue weighted by Gasteiger charge is 2.41. The number of rotatable bonds is 4. The molecule has 3 rings (SSSR count). The number of carbonyl (C=O) groups excluding carboxylic acids is 2. The lowest BCUT2D eigenvalue weighted by atomic mass is 9.72. The second-order valence-electron chi connectivity index (χ2n) is 7.67. The minimum absolute atomic E-state index is 0.0391. The number of ether oxygens (including phenoxy) is 1. The topological polar surface area (TPSA) is 70.1 Å². The van der Waals surface area contributed by atoms with E-state index in [0.717, 1.165) is 31.4 Å². The van der Waals surface area contributed by atoms with Gasteiger partial charge in [0.25, 0.3) is 5.91 Å². The Morgan fingerprint density at radius 2 is 1.96 bits per heavy atom. The third kappa shape index (κ3) is 4.01. The zero-order chi connectivity index (χ0) is 18.7. The first-order valence-electron chi connectivity index (χ1n) is 9.29. The van der Waals surface area contributed by atoms with E-state index >= 15 is 0 Å². The SMILES string of the molecule is Cc1ccccc1OC[C@H](O)C(=O)N1CCC2(CCC(=O)N(C)C2)CC1. The summed E-state index contributed by atoms with van der Waals surface area (Å²) < 4.78 is 5.60. The molecule has 2 aliphatic rings. The Morgan fingerprint density at radius 3 is 2.62 bits per heavy atom. The van der Waals surface area contributed by atoms with Gasteiger partial charge < -0.3 is 19.6 Å². The van der Waals surface area contributed by atoms with Crippen LogP contribution in [0.2, 0.25) is 0 Å². The molecule has 2 saturated heterocycles. The number of piperidine rings is 2. The molecule has 2 heterocycles. The van der Waals surface area contributed by atoms with Crippen molar-refractivity contribution in [3.8, 4) is 5.75 Å². The van der Waals surface area contributed by atoms with Crippen LogP contribution in [0.5, 0.6) is 5.75 Å². The third-order valence-corrected chi connectivity index (χ3v) is 5.78. The van der Waals surface area contributed by atoms with Crippen molar-refractivity contribution in [2.45, 2.75) is 38.7 Å². The fourth-order valence-electron chi connectivity index (χ4n) is 4.01. The molecule has 0 saturated carbocycles. The Kier molecular flexibility index (Phi) is 5.51. The Morgan fingerprint density at radius 1 is 1.27 bits per heavy atom. The monoisotopic (exact) mass is 360 g/mol.